The quantitative estimate of drug-likeness (QED) is 0.917. The van der Waals surface area contributed by atoms with Crippen LogP contribution in [0.5, 0.6) is 0 Å². The number of para-hydroxylation sites is 1. The molecule has 2 nitrogen and oxygen atoms in total. The normalized spacial score (nSPS) is 18.5. The van der Waals surface area contributed by atoms with E-state index in [9.17, 15) is 0 Å². The smallest absolute Gasteiger partial charge is 0.0527 e. The summed E-state index contributed by atoms with van der Waals surface area (Å²) in [6.07, 6.45) is 5.19. The molecular formula is C15H17BrN2. The molecule has 94 valence electrons. The van der Waals surface area contributed by atoms with Crippen molar-refractivity contribution in [2.24, 2.45) is 0 Å². The van der Waals surface area contributed by atoms with Crippen LogP contribution < -0.4 is 5.32 Å². The van der Waals surface area contributed by atoms with Crippen LogP contribution in [0.1, 0.15) is 30.5 Å². The molecule has 4 rings (SSSR count). The molecule has 0 atom stereocenters. The Morgan fingerprint density at radius 1 is 1.33 bits per heavy atom. The fourth-order valence-corrected chi connectivity index (χ4v) is 3.75. The van der Waals surface area contributed by atoms with Gasteiger partial charge in [0.15, 0.2) is 0 Å². The summed E-state index contributed by atoms with van der Waals surface area (Å²) in [5.74, 6) is 0. The number of aryl methyl sites for hydroxylation is 2. The number of aromatic nitrogens is 1. The Bertz CT molecular complexity index is 610. The standard InChI is InChI=1S/C15H17BrN2/c16-14-12-5-1-3-10-4-2-8-18(15(10)12)13(14)9-17-11-6-7-11/h1,3,5,11,17H,2,4,6-9H2. The third-order valence-electron chi connectivity index (χ3n) is 4.17. The minimum absolute atomic E-state index is 0.769. The first-order valence-electron chi connectivity index (χ1n) is 6.86. The van der Waals surface area contributed by atoms with E-state index in [0.29, 0.717) is 0 Å². The number of hydrogen-bond acceptors (Lipinski definition) is 1. The van der Waals surface area contributed by atoms with Gasteiger partial charge in [-0.1, -0.05) is 18.2 Å². The molecule has 0 radical (unpaired) electrons. The minimum atomic E-state index is 0.769. The molecule has 0 spiro atoms. The van der Waals surface area contributed by atoms with Crippen LogP contribution in [0.3, 0.4) is 0 Å². The lowest BCUT2D eigenvalue weighted by atomic mass is 10.0. The van der Waals surface area contributed by atoms with E-state index >= 15 is 0 Å². The van der Waals surface area contributed by atoms with E-state index in [4.69, 9.17) is 0 Å². The average Bonchev–Trinajstić information content (AvgIpc) is 3.18. The van der Waals surface area contributed by atoms with Gasteiger partial charge in [0.25, 0.3) is 0 Å². The highest BCUT2D eigenvalue weighted by atomic mass is 79.9. The molecule has 1 N–H and O–H groups in total. The second-order valence-electron chi connectivity index (χ2n) is 5.48. The lowest BCUT2D eigenvalue weighted by Gasteiger charge is -2.18. The van der Waals surface area contributed by atoms with Crippen LogP contribution >= 0.6 is 15.9 Å². The highest BCUT2D eigenvalue weighted by Crippen LogP contribution is 2.36. The average molecular weight is 305 g/mol. The first-order chi connectivity index (χ1) is 8.84. The van der Waals surface area contributed by atoms with E-state index in [1.165, 1.54) is 58.9 Å². The number of halogens is 1. The fraction of sp³-hybridized carbons (Fsp3) is 0.467. The van der Waals surface area contributed by atoms with Gasteiger partial charge in [-0.05, 0) is 47.2 Å². The molecule has 0 unspecified atom stereocenters. The lowest BCUT2D eigenvalue weighted by Crippen LogP contribution is -2.19. The van der Waals surface area contributed by atoms with Crippen molar-refractivity contribution in [3.05, 3.63) is 33.9 Å². The Balaban J connectivity index is 1.85. The second-order valence-corrected chi connectivity index (χ2v) is 6.28. The zero-order valence-electron chi connectivity index (χ0n) is 10.4. The molecule has 1 aliphatic heterocycles. The van der Waals surface area contributed by atoms with Gasteiger partial charge >= 0.3 is 0 Å². The molecular weight excluding hydrogens is 288 g/mol. The van der Waals surface area contributed by atoms with Crippen molar-refractivity contribution in [3.63, 3.8) is 0 Å². The summed E-state index contributed by atoms with van der Waals surface area (Å²) >= 11 is 3.82. The zero-order chi connectivity index (χ0) is 12.1. The molecule has 2 heterocycles. The topological polar surface area (TPSA) is 17.0 Å². The summed E-state index contributed by atoms with van der Waals surface area (Å²) in [6.45, 7) is 2.17. The predicted molar refractivity (Wildman–Crippen MR) is 77.8 cm³/mol. The van der Waals surface area contributed by atoms with E-state index in [-0.39, 0.29) is 0 Å². The summed E-state index contributed by atoms with van der Waals surface area (Å²) in [7, 11) is 0. The van der Waals surface area contributed by atoms with Crippen molar-refractivity contribution in [1.29, 1.82) is 0 Å². The van der Waals surface area contributed by atoms with Crippen molar-refractivity contribution < 1.29 is 0 Å². The van der Waals surface area contributed by atoms with E-state index in [2.05, 4.69) is 44.0 Å². The maximum atomic E-state index is 3.82. The van der Waals surface area contributed by atoms with Gasteiger partial charge in [0, 0.05) is 34.7 Å². The first-order valence-corrected chi connectivity index (χ1v) is 7.66. The molecule has 1 aliphatic carbocycles. The van der Waals surface area contributed by atoms with E-state index in [1.807, 2.05) is 0 Å². The van der Waals surface area contributed by atoms with Crippen molar-refractivity contribution in [2.75, 3.05) is 0 Å². The lowest BCUT2D eigenvalue weighted by molar-refractivity contribution is 0.579. The molecule has 3 heteroatoms. The highest BCUT2D eigenvalue weighted by molar-refractivity contribution is 9.10. The molecule has 1 aromatic carbocycles. The Hall–Kier alpha value is -0.800. The van der Waals surface area contributed by atoms with Crippen LogP contribution in [0.2, 0.25) is 0 Å². The van der Waals surface area contributed by atoms with Gasteiger partial charge in [-0.2, -0.15) is 0 Å². The van der Waals surface area contributed by atoms with Crippen LogP contribution in [-0.2, 0) is 19.5 Å². The Kier molecular flexibility index (Phi) is 2.52. The van der Waals surface area contributed by atoms with Crippen molar-refractivity contribution >= 4 is 26.8 Å². The molecule has 2 aliphatic rings. The van der Waals surface area contributed by atoms with Crippen molar-refractivity contribution in [1.82, 2.24) is 9.88 Å². The van der Waals surface area contributed by atoms with Gasteiger partial charge in [0.2, 0.25) is 0 Å². The number of hydrogen-bond donors (Lipinski definition) is 1. The Labute approximate surface area is 115 Å². The molecule has 18 heavy (non-hydrogen) atoms. The van der Waals surface area contributed by atoms with Crippen LogP contribution in [0.15, 0.2) is 22.7 Å². The van der Waals surface area contributed by atoms with Crippen LogP contribution in [0.25, 0.3) is 10.9 Å². The molecule has 1 saturated carbocycles. The maximum Gasteiger partial charge on any atom is 0.0527 e. The summed E-state index contributed by atoms with van der Waals surface area (Å²) < 4.78 is 3.82. The molecule has 1 fully saturated rings. The third kappa shape index (κ3) is 1.64. The van der Waals surface area contributed by atoms with E-state index < -0.39 is 0 Å². The van der Waals surface area contributed by atoms with E-state index in [0.717, 1.165) is 12.6 Å². The highest BCUT2D eigenvalue weighted by Gasteiger charge is 2.24. The van der Waals surface area contributed by atoms with Crippen LogP contribution in [-0.4, -0.2) is 10.6 Å². The summed E-state index contributed by atoms with van der Waals surface area (Å²) in [4.78, 5) is 0. The summed E-state index contributed by atoms with van der Waals surface area (Å²) in [5.41, 5.74) is 4.41. The summed E-state index contributed by atoms with van der Waals surface area (Å²) in [6, 6.07) is 7.48. The Morgan fingerprint density at radius 3 is 3.06 bits per heavy atom. The molecule has 0 amide bonds. The maximum absolute atomic E-state index is 3.82. The molecule has 2 aromatic rings. The molecule has 1 aromatic heterocycles. The second kappa shape index (κ2) is 4.10. The zero-order valence-corrected chi connectivity index (χ0v) is 12.0. The Morgan fingerprint density at radius 2 is 2.22 bits per heavy atom. The number of rotatable bonds is 3. The number of benzene rings is 1. The van der Waals surface area contributed by atoms with Gasteiger partial charge in [-0.3, -0.25) is 0 Å². The van der Waals surface area contributed by atoms with Gasteiger partial charge in [0.05, 0.1) is 5.52 Å². The predicted octanol–water partition coefficient (Wildman–Crippen LogP) is 3.60. The SMILES string of the molecule is Brc1c(CNC2CC2)n2c3c(cccc13)CCC2. The third-order valence-corrected chi connectivity index (χ3v) is 5.05. The number of nitrogens with one attached hydrogen (secondary N) is 1. The minimum Gasteiger partial charge on any atom is -0.342 e. The van der Waals surface area contributed by atoms with Crippen molar-refractivity contribution in [2.45, 2.75) is 44.8 Å². The monoisotopic (exact) mass is 304 g/mol. The van der Waals surface area contributed by atoms with Gasteiger partial charge in [-0.15, -0.1) is 0 Å². The first kappa shape index (κ1) is 11.1. The molecule has 0 saturated heterocycles. The number of nitrogens with zero attached hydrogens (tertiary/aromatic N) is 1. The van der Waals surface area contributed by atoms with Gasteiger partial charge < -0.3 is 9.88 Å². The summed E-state index contributed by atoms with van der Waals surface area (Å²) in [5, 5.41) is 5.03. The van der Waals surface area contributed by atoms with Crippen LogP contribution in [0.4, 0.5) is 0 Å². The van der Waals surface area contributed by atoms with Gasteiger partial charge in [0.1, 0.15) is 0 Å². The van der Waals surface area contributed by atoms with E-state index in [1.54, 1.807) is 0 Å². The van der Waals surface area contributed by atoms with Crippen LogP contribution in [0, 0.1) is 0 Å². The largest absolute Gasteiger partial charge is 0.342 e. The van der Waals surface area contributed by atoms with Crippen molar-refractivity contribution in [3.8, 4) is 0 Å². The fourth-order valence-electron chi connectivity index (χ4n) is 3.07. The van der Waals surface area contributed by atoms with Gasteiger partial charge in [-0.25, -0.2) is 0 Å². The molecule has 0 bridgehead atoms.